The zero-order valence-electron chi connectivity index (χ0n) is 8.24. The number of nitrogens with two attached hydrogens (primary N) is 1. The lowest BCUT2D eigenvalue weighted by atomic mass is 10.2. The number of rotatable bonds is 4. The van der Waals surface area contributed by atoms with Gasteiger partial charge in [-0.05, 0) is 41.9 Å². The van der Waals surface area contributed by atoms with Crippen LogP contribution in [-0.2, 0) is 0 Å². The lowest BCUT2D eigenvalue weighted by Crippen LogP contribution is -2.32. The number of furan rings is 1. The highest BCUT2D eigenvalue weighted by Gasteiger charge is 2.33. The van der Waals surface area contributed by atoms with Crippen LogP contribution in [0, 0.1) is 0 Å². The maximum absolute atomic E-state index is 5.78. The van der Waals surface area contributed by atoms with Gasteiger partial charge in [-0.2, -0.15) is 0 Å². The molecular weight excluding hydrogens is 244 g/mol. The van der Waals surface area contributed by atoms with Crippen molar-refractivity contribution in [3.63, 3.8) is 0 Å². The molecule has 0 saturated heterocycles. The molecule has 3 nitrogen and oxygen atoms in total. The van der Waals surface area contributed by atoms with Crippen molar-refractivity contribution in [3.05, 3.63) is 22.6 Å². The third-order valence-electron chi connectivity index (χ3n) is 2.79. The fourth-order valence-electron chi connectivity index (χ4n) is 1.74. The number of halogens is 1. The van der Waals surface area contributed by atoms with E-state index in [0.717, 1.165) is 10.2 Å². The highest BCUT2D eigenvalue weighted by atomic mass is 79.9. The SMILES string of the molecule is CN(C1CC1)C(CN)c1occc1Br. The molecule has 1 aliphatic rings. The smallest absolute Gasteiger partial charge is 0.136 e. The molecule has 78 valence electrons. The van der Waals surface area contributed by atoms with Crippen LogP contribution in [-0.4, -0.2) is 24.5 Å². The predicted molar refractivity (Wildman–Crippen MR) is 59.0 cm³/mol. The molecule has 0 amide bonds. The molecule has 0 bridgehead atoms. The first-order valence-electron chi connectivity index (χ1n) is 4.89. The van der Waals surface area contributed by atoms with Crippen LogP contribution in [0.4, 0.5) is 0 Å². The van der Waals surface area contributed by atoms with E-state index in [1.165, 1.54) is 12.8 Å². The second kappa shape index (κ2) is 4.04. The Morgan fingerprint density at radius 1 is 1.71 bits per heavy atom. The van der Waals surface area contributed by atoms with Crippen LogP contribution >= 0.6 is 15.9 Å². The van der Waals surface area contributed by atoms with E-state index in [4.69, 9.17) is 10.2 Å². The monoisotopic (exact) mass is 258 g/mol. The van der Waals surface area contributed by atoms with Crippen molar-refractivity contribution in [1.82, 2.24) is 4.90 Å². The normalized spacial score (nSPS) is 18.9. The standard InChI is InChI=1S/C10H15BrN2O/c1-13(7-2-3-7)9(6-12)10-8(11)4-5-14-10/h4-5,7,9H,2-3,6,12H2,1H3. The second-order valence-corrected chi connectivity index (χ2v) is 4.64. The van der Waals surface area contributed by atoms with Gasteiger partial charge >= 0.3 is 0 Å². The molecule has 4 heteroatoms. The van der Waals surface area contributed by atoms with Crippen molar-refractivity contribution in [2.75, 3.05) is 13.6 Å². The van der Waals surface area contributed by atoms with Gasteiger partial charge in [0.15, 0.2) is 0 Å². The van der Waals surface area contributed by atoms with Crippen molar-refractivity contribution in [2.24, 2.45) is 5.73 Å². The average Bonchev–Trinajstić information content (AvgIpc) is 2.94. The van der Waals surface area contributed by atoms with E-state index in [1.807, 2.05) is 6.07 Å². The first-order chi connectivity index (χ1) is 6.74. The molecule has 1 aromatic rings. The van der Waals surface area contributed by atoms with E-state index in [2.05, 4.69) is 27.9 Å². The first kappa shape index (κ1) is 10.2. The van der Waals surface area contributed by atoms with E-state index in [9.17, 15) is 0 Å². The second-order valence-electron chi connectivity index (χ2n) is 3.78. The van der Waals surface area contributed by atoms with Gasteiger partial charge in [0.2, 0.25) is 0 Å². The van der Waals surface area contributed by atoms with E-state index >= 15 is 0 Å². The molecule has 2 N–H and O–H groups in total. The van der Waals surface area contributed by atoms with Gasteiger partial charge < -0.3 is 10.2 Å². The van der Waals surface area contributed by atoms with Crippen LogP contribution in [0.2, 0.25) is 0 Å². The summed E-state index contributed by atoms with van der Waals surface area (Å²) in [4.78, 5) is 2.31. The van der Waals surface area contributed by atoms with Gasteiger partial charge in [-0.25, -0.2) is 0 Å². The number of hydrogen-bond donors (Lipinski definition) is 1. The van der Waals surface area contributed by atoms with Gasteiger partial charge in [0, 0.05) is 12.6 Å². The Kier molecular flexibility index (Phi) is 2.95. The van der Waals surface area contributed by atoms with Gasteiger partial charge in [-0.3, -0.25) is 4.90 Å². The number of nitrogens with zero attached hydrogens (tertiary/aromatic N) is 1. The van der Waals surface area contributed by atoms with Crippen molar-refractivity contribution in [3.8, 4) is 0 Å². The van der Waals surface area contributed by atoms with Crippen molar-refractivity contribution < 1.29 is 4.42 Å². The fraction of sp³-hybridized carbons (Fsp3) is 0.600. The lowest BCUT2D eigenvalue weighted by molar-refractivity contribution is 0.210. The minimum atomic E-state index is 0.201. The molecule has 1 heterocycles. The van der Waals surface area contributed by atoms with Crippen LogP contribution < -0.4 is 5.73 Å². The molecule has 2 rings (SSSR count). The lowest BCUT2D eigenvalue weighted by Gasteiger charge is -2.25. The molecule has 0 aliphatic heterocycles. The quantitative estimate of drug-likeness (QED) is 0.900. The first-order valence-corrected chi connectivity index (χ1v) is 5.68. The average molecular weight is 259 g/mol. The third kappa shape index (κ3) is 1.87. The fourth-order valence-corrected chi connectivity index (χ4v) is 2.20. The van der Waals surface area contributed by atoms with Crippen molar-refractivity contribution >= 4 is 15.9 Å². The Balaban J connectivity index is 2.16. The minimum Gasteiger partial charge on any atom is -0.466 e. The molecular formula is C10H15BrN2O. The molecule has 1 atom stereocenters. The summed E-state index contributed by atoms with van der Waals surface area (Å²) in [6.45, 7) is 0.596. The molecule has 1 aliphatic carbocycles. The maximum atomic E-state index is 5.78. The summed E-state index contributed by atoms with van der Waals surface area (Å²) >= 11 is 3.47. The Bertz CT molecular complexity index is 309. The van der Waals surface area contributed by atoms with Crippen LogP contribution in [0.3, 0.4) is 0 Å². The maximum Gasteiger partial charge on any atom is 0.136 e. The van der Waals surface area contributed by atoms with Gasteiger partial charge in [0.1, 0.15) is 5.76 Å². The van der Waals surface area contributed by atoms with Gasteiger partial charge in [0.25, 0.3) is 0 Å². The third-order valence-corrected chi connectivity index (χ3v) is 3.44. The Labute approximate surface area is 92.4 Å². The predicted octanol–water partition coefficient (Wildman–Crippen LogP) is 2.14. The molecule has 0 radical (unpaired) electrons. The largest absolute Gasteiger partial charge is 0.466 e. The molecule has 14 heavy (non-hydrogen) atoms. The van der Waals surface area contributed by atoms with E-state index in [-0.39, 0.29) is 6.04 Å². The van der Waals surface area contributed by atoms with E-state index in [0.29, 0.717) is 12.6 Å². The molecule has 1 unspecified atom stereocenters. The van der Waals surface area contributed by atoms with Crippen LogP contribution in [0.1, 0.15) is 24.6 Å². The highest BCUT2D eigenvalue weighted by Crippen LogP contribution is 2.35. The summed E-state index contributed by atoms with van der Waals surface area (Å²) in [7, 11) is 2.12. The molecule has 1 aromatic heterocycles. The van der Waals surface area contributed by atoms with Crippen molar-refractivity contribution in [2.45, 2.75) is 24.9 Å². The Morgan fingerprint density at radius 2 is 2.43 bits per heavy atom. The molecule has 0 spiro atoms. The molecule has 1 saturated carbocycles. The summed E-state index contributed by atoms with van der Waals surface area (Å²) in [5.74, 6) is 0.946. The van der Waals surface area contributed by atoms with Gasteiger partial charge in [-0.15, -0.1) is 0 Å². The molecule has 0 aromatic carbocycles. The van der Waals surface area contributed by atoms with E-state index < -0.39 is 0 Å². The Hall–Kier alpha value is -0.320. The summed E-state index contributed by atoms with van der Waals surface area (Å²) in [6, 6.07) is 2.81. The van der Waals surface area contributed by atoms with Crippen molar-refractivity contribution in [1.29, 1.82) is 0 Å². The van der Waals surface area contributed by atoms with Crippen LogP contribution in [0.5, 0.6) is 0 Å². The summed E-state index contributed by atoms with van der Waals surface area (Å²) in [5, 5.41) is 0. The van der Waals surface area contributed by atoms with Crippen LogP contribution in [0.15, 0.2) is 21.2 Å². The van der Waals surface area contributed by atoms with E-state index in [1.54, 1.807) is 6.26 Å². The van der Waals surface area contributed by atoms with Gasteiger partial charge in [-0.1, -0.05) is 0 Å². The number of hydrogen-bond acceptors (Lipinski definition) is 3. The molecule has 1 fully saturated rings. The minimum absolute atomic E-state index is 0.201. The topological polar surface area (TPSA) is 42.4 Å². The summed E-state index contributed by atoms with van der Waals surface area (Å²) in [5.41, 5.74) is 5.78. The summed E-state index contributed by atoms with van der Waals surface area (Å²) < 4.78 is 6.46. The zero-order chi connectivity index (χ0) is 10.1. The number of likely N-dealkylation sites (N-methyl/N-ethyl adjacent to an activating group) is 1. The van der Waals surface area contributed by atoms with Gasteiger partial charge in [0.05, 0.1) is 16.8 Å². The zero-order valence-corrected chi connectivity index (χ0v) is 9.83. The Morgan fingerprint density at radius 3 is 2.86 bits per heavy atom. The summed E-state index contributed by atoms with van der Waals surface area (Å²) in [6.07, 6.45) is 4.26. The highest BCUT2D eigenvalue weighted by molar-refractivity contribution is 9.10. The van der Waals surface area contributed by atoms with Crippen LogP contribution in [0.25, 0.3) is 0 Å².